The highest BCUT2D eigenvalue weighted by molar-refractivity contribution is 7.99. The van der Waals surface area contributed by atoms with Gasteiger partial charge < -0.3 is 4.90 Å². The zero-order chi connectivity index (χ0) is 18.4. The van der Waals surface area contributed by atoms with Crippen molar-refractivity contribution in [3.05, 3.63) is 70.0 Å². The van der Waals surface area contributed by atoms with Gasteiger partial charge in [-0.3, -0.25) is 19.8 Å². The van der Waals surface area contributed by atoms with Gasteiger partial charge in [-0.1, -0.05) is 12.1 Å². The molecule has 2 fully saturated rings. The minimum absolute atomic E-state index is 0.00150. The third-order valence-corrected chi connectivity index (χ3v) is 6.09. The average molecular weight is 389 g/mol. The number of halogens is 1. The lowest BCUT2D eigenvalue weighted by Gasteiger charge is -2.25. The summed E-state index contributed by atoms with van der Waals surface area (Å²) in [6.07, 6.45) is 0. The average Bonchev–Trinajstić information content (AvgIpc) is 3.17. The molecule has 2 aromatic rings. The molecule has 2 heterocycles. The first-order chi connectivity index (χ1) is 12.5. The first kappa shape index (κ1) is 16.9. The van der Waals surface area contributed by atoms with Gasteiger partial charge in [-0.15, -0.1) is 11.8 Å². The summed E-state index contributed by atoms with van der Waals surface area (Å²) in [5.74, 6) is -0.0248. The maximum absolute atomic E-state index is 13.2. The van der Waals surface area contributed by atoms with Crippen LogP contribution in [0, 0.1) is 15.9 Å². The van der Waals surface area contributed by atoms with E-state index in [9.17, 15) is 19.3 Å². The minimum Gasteiger partial charge on any atom is -0.319 e. The van der Waals surface area contributed by atoms with E-state index in [-0.39, 0.29) is 17.0 Å². The topological polar surface area (TPSA) is 66.7 Å². The predicted molar refractivity (Wildman–Crippen MR) is 100 cm³/mol. The number of amides is 1. The Kier molecular flexibility index (Phi) is 4.12. The highest BCUT2D eigenvalue weighted by Crippen LogP contribution is 2.46. The standard InChI is InChI=1S/C17H12FN3O3S2/c18-11-4-6-12(7-5-11)19-15(22)14-9-26-16(20(14)17(19)25)10-2-1-3-13(8-10)21(23)24/h1-8,14,16H,9H2/t14-,16-/m0/s1. The molecule has 0 aliphatic carbocycles. The molecule has 0 bridgehead atoms. The molecule has 9 heteroatoms. The second kappa shape index (κ2) is 6.33. The van der Waals surface area contributed by atoms with Gasteiger partial charge in [0.25, 0.3) is 11.6 Å². The molecule has 0 unspecified atom stereocenters. The van der Waals surface area contributed by atoms with Gasteiger partial charge in [-0.2, -0.15) is 0 Å². The Morgan fingerprint density at radius 1 is 1.23 bits per heavy atom. The fraction of sp³-hybridized carbons (Fsp3) is 0.176. The van der Waals surface area contributed by atoms with Crippen LogP contribution in [0.25, 0.3) is 0 Å². The summed E-state index contributed by atoms with van der Waals surface area (Å²) in [7, 11) is 0. The van der Waals surface area contributed by atoms with E-state index in [4.69, 9.17) is 12.2 Å². The van der Waals surface area contributed by atoms with Crippen LogP contribution in [-0.4, -0.2) is 32.6 Å². The molecule has 0 spiro atoms. The molecule has 2 atom stereocenters. The number of hydrogen-bond acceptors (Lipinski definition) is 5. The van der Waals surface area contributed by atoms with Gasteiger partial charge >= 0.3 is 0 Å². The summed E-state index contributed by atoms with van der Waals surface area (Å²) in [5, 5.41) is 11.1. The number of nitro benzene ring substituents is 1. The number of hydrogen-bond donors (Lipinski definition) is 0. The molecule has 4 rings (SSSR count). The third-order valence-electron chi connectivity index (χ3n) is 4.37. The monoisotopic (exact) mass is 389 g/mol. The second-order valence-electron chi connectivity index (χ2n) is 5.89. The van der Waals surface area contributed by atoms with E-state index in [1.807, 2.05) is 4.90 Å². The number of nitrogens with zero attached hydrogens (tertiary/aromatic N) is 3. The molecule has 0 N–H and O–H groups in total. The number of fused-ring (bicyclic) bond motifs is 1. The summed E-state index contributed by atoms with van der Waals surface area (Å²) >= 11 is 7.05. The van der Waals surface area contributed by atoms with Crippen molar-refractivity contribution in [2.75, 3.05) is 10.7 Å². The van der Waals surface area contributed by atoms with Crippen LogP contribution in [0.2, 0.25) is 0 Å². The Hall–Kier alpha value is -2.52. The lowest BCUT2D eigenvalue weighted by atomic mass is 10.1. The van der Waals surface area contributed by atoms with Crippen molar-refractivity contribution in [1.29, 1.82) is 0 Å². The summed E-state index contributed by atoms with van der Waals surface area (Å²) in [5.41, 5.74) is 1.24. The second-order valence-corrected chi connectivity index (χ2v) is 7.37. The number of carbonyl (C=O) groups is 1. The molecule has 26 heavy (non-hydrogen) atoms. The highest BCUT2D eigenvalue weighted by atomic mass is 32.2. The quantitative estimate of drug-likeness (QED) is 0.455. The van der Waals surface area contributed by atoms with E-state index >= 15 is 0 Å². The summed E-state index contributed by atoms with van der Waals surface area (Å²) in [4.78, 5) is 26.6. The Balaban J connectivity index is 1.68. The summed E-state index contributed by atoms with van der Waals surface area (Å²) in [6.45, 7) is 0. The SMILES string of the molecule is O=C1[C@@H]2CS[C@@H](c3cccc([N+](=O)[O-])c3)N2C(=S)N1c1ccc(F)cc1. The summed E-state index contributed by atoms with van der Waals surface area (Å²) in [6, 6.07) is 11.5. The van der Waals surface area contributed by atoms with Gasteiger partial charge in [0.2, 0.25) is 0 Å². The van der Waals surface area contributed by atoms with Gasteiger partial charge in [0.1, 0.15) is 17.2 Å². The van der Waals surface area contributed by atoms with Crippen LogP contribution in [0.15, 0.2) is 48.5 Å². The Bertz CT molecular complexity index is 922. The maximum Gasteiger partial charge on any atom is 0.269 e. The zero-order valence-electron chi connectivity index (χ0n) is 13.2. The van der Waals surface area contributed by atoms with Crippen LogP contribution in [0.1, 0.15) is 10.9 Å². The maximum atomic E-state index is 13.2. The highest BCUT2D eigenvalue weighted by Gasteiger charge is 2.50. The van der Waals surface area contributed by atoms with Gasteiger partial charge in [-0.25, -0.2) is 4.39 Å². The number of rotatable bonds is 3. The molecular weight excluding hydrogens is 377 g/mol. The van der Waals surface area contributed by atoms with Crippen LogP contribution in [0.5, 0.6) is 0 Å². The molecule has 2 saturated heterocycles. The smallest absolute Gasteiger partial charge is 0.269 e. The van der Waals surface area contributed by atoms with E-state index in [0.29, 0.717) is 16.6 Å². The number of benzene rings is 2. The zero-order valence-corrected chi connectivity index (χ0v) is 14.9. The Morgan fingerprint density at radius 2 is 1.96 bits per heavy atom. The largest absolute Gasteiger partial charge is 0.319 e. The van der Waals surface area contributed by atoms with Crippen LogP contribution >= 0.6 is 24.0 Å². The Labute approximate surface area is 157 Å². The number of thioether (sulfide) groups is 1. The number of anilines is 1. The number of thiocarbonyl (C=S) groups is 1. The van der Waals surface area contributed by atoms with E-state index < -0.39 is 16.8 Å². The van der Waals surface area contributed by atoms with Crippen LogP contribution < -0.4 is 4.90 Å². The summed E-state index contributed by atoms with van der Waals surface area (Å²) < 4.78 is 13.2. The van der Waals surface area contributed by atoms with E-state index in [2.05, 4.69) is 0 Å². The molecule has 2 aliphatic heterocycles. The number of nitro groups is 1. The fourth-order valence-electron chi connectivity index (χ4n) is 3.17. The molecule has 0 aromatic heterocycles. The molecule has 2 aromatic carbocycles. The van der Waals surface area contributed by atoms with Crippen LogP contribution in [0.3, 0.4) is 0 Å². The third kappa shape index (κ3) is 2.63. The lowest BCUT2D eigenvalue weighted by Crippen LogP contribution is -2.33. The van der Waals surface area contributed by atoms with Crippen molar-refractivity contribution in [2.24, 2.45) is 0 Å². The van der Waals surface area contributed by atoms with Crippen molar-refractivity contribution in [3.8, 4) is 0 Å². The van der Waals surface area contributed by atoms with E-state index in [0.717, 1.165) is 5.56 Å². The molecule has 0 saturated carbocycles. The fourth-order valence-corrected chi connectivity index (χ4v) is 5.07. The van der Waals surface area contributed by atoms with Crippen molar-refractivity contribution in [2.45, 2.75) is 11.4 Å². The van der Waals surface area contributed by atoms with Gasteiger partial charge in [-0.05, 0) is 42.0 Å². The van der Waals surface area contributed by atoms with Gasteiger partial charge in [0.15, 0.2) is 5.11 Å². The lowest BCUT2D eigenvalue weighted by molar-refractivity contribution is -0.384. The number of non-ortho nitro benzene ring substituents is 1. The molecule has 6 nitrogen and oxygen atoms in total. The van der Waals surface area contributed by atoms with E-state index in [1.165, 1.54) is 53.1 Å². The molecule has 1 amide bonds. The van der Waals surface area contributed by atoms with Crippen molar-refractivity contribution < 1.29 is 14.1 Å². The molecule has 132 valence electrons. The van der Waals surface area contributed by atoms with Gasteiger partial charge in [0.05, 0.1) is 10.6 Å². The molecule has 2 aliphatic rings. The minimum atomic E-state index is -0.446. The Morgan fingerprint density at radius 3 is 2.65 bits per heavy atom. The molecule has 0 radical (unpaired) electrons. The van der Waals surface area contributed by atoms with Crippen molar-refractivity contribution in [1.82, 2.24) is 4.90 Å². The van der Waals surface area contributed by atoms with Crippen LogP contribution in [0.4, 0.5) is 15.8 Å². The molecular formula is C17H12FN3O3S2. The van der Waals surface area contributed by atoms with Crippen LogP contribution in [-0.2, 0) is 4.79 Å². The predicted octanol–water partition coefficient (Wildman–Crippen LogP) is 3.48. The normalized spacial score (nSPS) is 22.0. The first-order valence-corrected chi connectivity index (χ1v) is 9.21. The van der Waals surface area contributed by atoms with Crippen molar-refractivity contribution >= 4 is 46.4 Å². The van der Waals surface area contributed by atoms with Crippen molar-refractivity contribution in [3.63, 3.8) is 0 Å². The van der Waals surface area contributed by atoms with E-state index in [1.54, 1.807) is 12.1 Å². The number of carbonyl (C=O) groups excluding carboxylic acids is 1. The van der Waals surface area contributed by atoms with Gasteiger partial charge in [0, 0.05) is 17.9 Å². The first-order valence-electron chi connectivity index (χ1n) is 7.75.